The lowest BCUT2D eigenvalue weighted by atomic mass is 10.1. The molecule has 19 heavy (non-hydrogen) atoms. The molecule has 0 amide bonds. The van der Waals surface area contributed by atoms with Crippen molar-refractivity contribution in [3.8, 4) is 22.7 Å². The summed E-state index contributed by atoms with van der Waals surface area (Å²) in [6.07, 6.45) is 5.37. The minimum Gasteiger partial charge on any atom is -0.507 e. The van der Waals surface area contributed by atoms with E-state index >= 15 is 0 Å². The van der Waals surface area contributed by atoms with Crippen molar-refractivity contribution in [3.63, 3.8) is 0 Å². The summed E-state index contributed by atoms with van der Waals surface area (Å²) >= 11 is 0. The molecule has 0 spiro atoms. The summed E-state index contributed by atoms with van der Waals surface area (Å²) in [4.78, 5) is 8.51. The van der Waals surface area contributed by atoms with Gasteiger partial charge in [-0.25, -0.2) is 9.97 Å². The van der Waals surface area contributed by atoms with Gasteiger partial charge in [-0.2, -0.15) is 0 Å². The van der Waals surface area contributed by atoms with E-state index in [0.717, 1.165) is 22.6 Å². The van der Waals surface area contributed by atoms with Crippen LogP contribution in [0.25, 0.3) is 16.9 Å². The number of aryl methyl sites for hydroxylation is 1. The molecule has 0 aliphatic heterocycles. The molecule has 2 aromatic heterocycles. The zero-order valence-corrected chi connectivity index (χ0v) is 10.5. The lowest BCUT2D eigenvalue weighted by Crippen LogP contribution is -1.94. The minimum atomic E-state index is 0.265. The minimum absolute atomic E-state index is 0.265. The molecule has 2 heterocycles. The van der Waals surface area contributed by atoms with Gasteiger partial charge in [-0.3, -0.25) is 4.57 Å². The number of imidazole rings is 1. The van der Waals surface area contributed by atoms with E-state index in [0.29, 0.717) is 0 Å². The second kappa shape index (κ2) is 4.57. The van der Waals surface area contributed by atoms with E-state index in [-0.39, 0.29) is 5.75 Å². The smallest absolute Gasteiger partial charge is 0.138 e. The highest BCUT2D eigenvalue weighted by Crippen LogP contribution is 2.29. The molecule has 4 heteroatoms. The molecule has 0 bridgehead atoms. The predicted molar refractivity (Wildman–Crippen MR) is 73.2 cm³/mol. The Hall–Kier alpha value is -2.62. The SMILES string of the molecule is Cc1cn(-c2cc(-c3ccccc3O)ccn2)cn1. The third kappa shape index (κ3) is 2.20. The van der Waals surface area contributed by atoms with E-state index in [1.807, 2.05) is 42.0 Å². The van der Waals surface area contributed by atoms with Gasteiger partial charge < -0.3 is 5.11 Å². The van der Waals surface area contributed by atoms with E-state index in [1.54, 1.807) is 24.7 Å². The van der Waals surface area contributed by atoms with E-state index in [4.69, 9.17) is 0 Å². The molecule has 0 saturated heterocycles. The largest absolute Gasteiger partial charge is 0.507 e. The van der Waals surface area contributed by atoms with Crippen molar-refractivity contribution in [1.82, 2.24) is 14.5 Å². The Morgan fingerprint density at radius 1 is 1.11 bits per heavy atom. The zero-order chi connectivity index (χ0) is 13.2. The number of benzene rings is 1. The molecular weight excluding hydrogens is 238 g/mol. The fourth-order valence-corrected chi connectivity index (χ4v) is 1.99. The van der Waals surface area contributed by atoms with Gasteiger partial charge in [0.25, 0.3) is 0 Å². The van der Waals surface area contributed by atoms with Crippen molar-refractivity contribution in [2.45, 2.75) is 6.92 Å². The Bertz CT molecular complexity index is 719. The lowest BCUT2D eigenvalue weighted by Gasteiger charge is -2.06. The van der Waals surface area contributed by atoms with E-state index in [1.165, 1.54) is 0 Å². The third-order valence-electron chi connectivity index (χ3n) is 2.94. The number of phenolic OH excluding ortho intramolecular Hbond substituents is 1. The van der Waals surface area contributed by atoms with Crippen LogP contribution in [0.4, 0.5) is 0 Å². The van der Waals surface area contributed by atoms with Crippen LogP contribution in [0, 0.1) is 6.92 Å². The third-order valence-corrected chi connectivity index (χ3v) is 2.94. The highest BCUT2D eigenvalue weighted by molar-refractivity contribution is 5.70. The number of phenols is 1. The Labute approximate surface area is 111 Å². The number of pyridine rings is 1. The van der Waals surface area contributed by atoms with Gasteiger partial charge in [0.15, 0.2) is 0 Å². The first-order valence-corrected chi connectivity index (χ1v) is 5.99. The van der Waals surface area contributed by atoms with Crippen LogP contribution >= 0.6 is 0 Å². The first-order chi connectivity index (χ1) is 9.24. The molecule has 4 nitrogen and oxygen atoms in total. The number of nitrogens with zero attached hydrogens (tertiary/aromatic N) is 3. The number of aromatic nitrogens is 3. The fraction of sp³-hybridized carbons (Fsp3) is 0.0667. The van der Waals surface area contributed by atoms with Crippen LogP contribution < -0.4 is 0 Å². The molecule has 3 rings (SSSR count). The van der Waals surface area contributed by atoms with Crippen molar-refractivity contribution >= 4 is 0 Å². The van der Waals surface area contributed by atoms with Gasteiger partial charge in [0.05, 0.1) is 5.69 Å². The van der Waals surface area contributed by atoms with Gasteiger partial charge in [-0.15, -0.1) is 0 Å². The zero-order valence-electron chi connectivity index (χ0n) is 10.5. The maximum absolute atomic E-state index is 9.89. The van der Waals surface area contributed by atoms with Crippen LogP contribution in [0.3, 0.4) is 0 Å². The molecule has 0 unspecified atom stereocenters. The average molecular weight is 251 g/mol. The van der Waals surface area contributed by atoms with E-state index in [9.17, 15) is 5.11 Å². The van der Waals surface area contributed by atoms with Crippen LogP contribution in [0.15, 0.2) is 55.1 Å². The van der Waals surface area contributed by atoms with Crippen molar-refractivity contribution < 1.29 is 5.11 Å². The molecule has 0 fully saturated rings. The number of hydrogen-bond donors (Lipinski definition) is 1. The predicted octanol–water partition coefficient (Wildman–Crippen LogP) is 2.95. The molecule has 3 aromatic rings. The highest BCUT2D eigenvalue weighted by atomic mass is 16.3. The summed E-state index contributed by atoms with van der Waals surface area (Å²) in [7, 11) is 0. The maximum Gasteiger partial charge on any atom is 0.138 e. The van der Waals surface area contributed by atoms with E-state index < -0.39 is 0 Å². The Kier molecular flexibility index (Phi) is 2.76. The molecule has 0 saturated carbocycles. The summed E-state index contributed by atoms with van der Waals surface area (Å²) in [6.45, 7) is 1.93. The first-order valence-electron chi connectivity index (χ1n) is 5.99. The molecule has 1 aromatic carbocycles. The molecular formula is C15H13N3O. The van der Waals surface area contributed by atoms with Crippen LogP contribution in [0.2, 0.25) is 0 Å². The topological polar surface area (TPSA) is 50.9 Å². The molecule has 94 valence electrons. The van der Waals surface area contributed by atoms with Gasteiger partial charge in [0.2, 0.25) is 0 Å². The fourth-order valence-electron chi connectivity index (χ4n) is 1.99. The van der Waals surface area contributed by atoms with Crippen molar-refractivity contribution in [3.05, 3.63) is 60.8 Å². The molecule has 0 aliphatic rings. The summed E-state index contributed by atoms with van der Waals surface area (Å²) < 4.78 is 1.86. The summed E-state index contributed by atoms with van der Waals surface area (Å²) in [5.74, 6) is 1.04. The molecule has 1 N–H and O–H groups in total. The average Bonchev–Trinajstić information content (AvgIpc) is 2.86. The van der Waals surface area contributed by atoms with Crippen molar-refractivity contribution in [2.24, 2.45) is 0 Å². The van der Waals surface area contributed by atoms with Gasteiger partial charge in [-0.05, 0) is 30.7 Å². The number of rotatable bonds is 2. The summed E-state index contributed by atoms with van der Waals surface area (Å²) in [6, 6.07) is 11.1. The van der Waals surface area contributed by atoms with E-state index in [2.05, 4.69) is 9.97 Å². The molecule has 0 atom stereocenters. The van der Waals surface area contributed by atoms with Gasteiger partial charge >= 0.3 is 0 Å². The van der Waals surface area contributed by atoms with Gasteiger partial charge in [0.1, 0.15) is 17.9 Å². The molecule has 0 aliphatic carbocycles. The quantitative estimate of drug-likeness (QED) is 0.761. The second-order valence-corrected chi connectivity index (χ2v) is 4.34. The van der Waals surface area contributed by atoms with Crippen LogP contribution in [0.5, 0.6) is 5.75 Å². The number of para-hydroxylation sites is 1. The standard InChI is InChI=1S/C15H13N3O/c1-11-9-18(10-17-11)15-8-12(6-7-16-15)13-4-2-3-5-14(13)19/h2-10,19H,1H3. The maximum atomic E-state index is 9.89. The second-order valence-electron chi connectivity index (χ2n) is 4.34. The van der Waals surface area contributed by atoms with Crippen molar-refractivity contribution in [1.29, 1.82) is 0 Å². The Morgan fingerprint density at radius 2 is 1.95 bits per heavy atom. The normalized spacial score (nSPS) is 10.6. The Balaban J connectivity index is 2.08. The highest BCUT2D eigenvalue weighted by Gasteiger charge is 2.06. The Morgan fingerprint density at radius 3 is 2.68 bits per heavy atom. The number of aromatic hydroxyl groups is 1. The first kappa shape index (κ1) is 11.5. The van der Waals surface area contributed by atoms with Gasteiger partial charge in [-0.1, -0.05) is 18.2 Å². The summed E-state index contributed by atoms with van der Waals surface area (Å²) in [5, 5.41) is 9.89. The lowest BCUT2D eigenvalue weighted by molar-refractivity contribution is 0.477. The van der Waals surface area contributed by atoms with Crippen LogP contribution in [-0.4, -0.2) is 19.6 Å². The van der Waals surface area contributed by atoms with Crippen LogP contribution in [0.1, 0.15) is 5.69 Å². The summed E-state index contributed by atoms with van der Waals surface area (Å²) in [5.41, 5.74) is 2.66. The van der Waals surface area contributed by atoms with Crippen LogP contribution in [-0.2, 0) is 0 Å². The molecule has 0 radical (unpaired) electrons. The van der Waals surface area contributed by atoms with Crippen molar-refractivity contribution in [2.75, 3.05) is 0 Å². The monoisotopic (exact) mass is 251 g/mol. The number of hydrogen-bond acceptors (Lipinski definition) is 3. The van der Waals surface area contributed by atoms with Gasteiger partial charge in [0, 0.05) is 18.0 Å².